The Kier molecular flexibility index (Phi) is 3.55. The Morgan fingerprint density at radius 1 is 1.27 bits per heavy atom. The molecule has 3 rings (SSSR count). The van der Waals surface area contributed by atoms with Gasteiger partial charge < -0.3 is 5.32 Å². The maximum Gasteiger partial charge on any atom is 0.235 e. The van der Waals surface area contributed by atoms with E-state index in [0.717, 1.165) is 22.6 Å². The molecule has 0 aromatic carbocycles. The number of anilines is 1. The van der Waals surface area contributed by atoms with Crippen LogP contribution in [-0.4, -0.2) is 31.2 Å². The number of fused-ring (bicyclic) bond motifs is 1. The van der Waals surface area contributed by atoms with Crippen molar-refractivity contribution in [3.05, 3.63) is 29.2 Å². The second-order valence-corrected chi connectivity index (χ2v) is 7.67. The zero-order valence-electron chi connectivity index (χ0n) is 13.5. The standard InChI is InChI=1S/C15H21N5OS/c1-9-10(6-16-19(9)5)13-11-7-17-20(15(2,3)4)14(11)18-12(21)8-22-13/h6-7,13H,8H2,1-5H3,(H,18,21)/t13-/m1/s1. The van der Waals surface area contributed by atoms with Crippen LogP contribution < -0.4 is 5.32 Å². The molecule has 0 radical (unpaired) electrons. The van der Waals surface area contributed by atoms with Gasteiger partial charge in [0.25, 0.3) is 0 Å². The van der Waals surface area contributed by atoms with Crippen LogP contribution in [0.25, 0.3) is 0 Å². The van der Waals surface area contributed by atoms with Crippen LogP contribution in [0.3, 0.4) is 0 Å². The van der Waals surface area contributed by atoms with Gasteiger partial charge in [-0.2, -0.15) is 10.2 Å². The molecule has 2 aromatic heterocycles. The Morgan fingerprint density at radius 2 is 1.95 bits per heavy atom. The van der Waals surface area contributed by atoms with Gasteiger partial charge in [-0.15, -0.1) is 11.8 Å². The van der Waals surface area contributed by atoms with E-state index in [1.165, 1.54) is 0 Å². The van der Waals surface area contributed by atoms with Crippen molar-refractivity contribution in [2.45, 2.75) is 38.5 Å². The van der Waals surface area contributed by atoms with Crippen LogP contribution in [0, 0.1) is 6.92 Å². The van der Waals surface area contributed by atoms with E-state index < -0.39 is 0 Å². The molecular weight excluding hydrogens is 298 g/mol. The quantitative estimate of drug-likeness (QED) is 0.877. The maximum absolute atomic E-state index is 12.1. The molecule has 0 saturated carbocycles. The Hall–Kier alpha value is -1.76. The lowest BCUT2D eigenvalue weighted by atomic mass is 10.1. The van der Waals surface area contributed by atoms with E-state index in [0.29, 0.717) is 5.75 Å². The molecule has 6 nitrogen and oxygen atoms in total. The summed E-state index contributed by atoms with van der Waals surface area (Å²) >= 11 is 1.62. The van der Waals surface area contributed by atoms with Gasteiger partial charge >= 0.3 is 0 Å². The molecule has 0 saturated heterocycles. The van der Waals surface area contributed by atoms with Crippen LogP contribution in [0.2, 0.25) is 0 Å². The van der Waals surface area contributed by atoms with E-state index in [1.54, 1.807) is 11.8 Å². The van der Waals surface area contributed by atoms with Gasteiger partial charge in [-0.05, 0) is 27.7 Å². The summed E-state index contributed by atoms with van der Waals surface area (Å²) in [5, 5.41) is 11.9. The van der Waals surface area contributed by atoms with Gasteiger partial charge in [0.1, 0.15) is 5.82 Å². The van der Waals surface area contributed by atoms with E-state index in [9.17, 15) is 4.79 Å². The fourth-order valence-corrected chi connectivity index (χ4v) is 3.79. The number of nitrogens with zero attached hydrogens (tertiary/aromatic N) is 4. The van der Waals surface area contributed by atoms with Crippen molar-refractivity contribution >= 4 is 23.5 Å². The summed E-state index contributed by atoms with van der Waals surface area (Å²) in [6, 6.07) is 0. The Bertz CT molecular complexity index is 725. The average Bonchev–Trinajstić information content (AvgIpc) is 2.93. The number of nitrogens with one attached hydrogen (secondary N) is 1. The highest BCUT2D eigenvalue weighted by Crippen LogP contribution is 2.43. The largest absolute Gasteiger partial charge is 0.310 e. The molecule has 118 valence electrons. The highest BCUT2D eigenvalue weighted by molar-refractivity contribution is 8.00. The molecule has 1 amide bonds. The summed E-state index contributed by atoms with van der Waals surface area (Å²) in [6.07, 6.45) is 3.76. The molecule has 0 aliphatic carbocycles. The summed E-state index contributed by atoms with van der Waals surface area (Å²) in [7, 11) is 1.93. The van der Waals surface area contributed by atoms with Crippen molar-refractivity contribution < 1.29 is 4.79 Å². The number of hydrogen-bond acceptors (Lipinski definition) is 4. The van der Waals surface area contributed by atoms with Gasteiger partial charge in [-0.3, -0.25) is 9.48 Å². The van der Waals surface area contributed by atoms with Crippen molar-refractivity contribution in [2.75, 3.05) is 11.1 Å². The van der Waals surface area contributed by atoms with Crippen LogP contribution in [0.15, 0.2) is 12.4 Å². The number of amides is 1. The summed E-state index contributed by atoms with van der Waals surface area (Å²) < 4.78 is 3.76. The van der Waals surface area contributed by atoms with E-state index in [-0.39, 0.29) is 16.7 Å². The molecule has 2 aromatic rings. The maximum atomic E-state index is 12.1. The number of aryl methyl sites for hydroxylation is 1. The SMILES string of the molecule is Cc1c([C@H]2SCC(=O)Nc3c2cnn3C(C)(C)C)cnn1C. The highest BCUT2D eigenvalue weighted by Gasteiger charge is 2.32. The fourth-order valence-electron chi connectivity index (χ4n) is 2.63. The molecule has 1 atom stereocenters. The molecule has 1 aliphatic heterocycles. The highest BCUT2D eigenvalue weighted by atomic mass is 32.2. The summed E-state index contributed by atoms with van der Waals surface area (Å²) in [4.78, 5) is 12.1. The molecule has 22 heavy (non-hydrogen) atoms. The Balaban J connectivity index is 2.14. The summed E-state index contributed by atoms with van der Waals surface area (Å²) in [5.41, 5.74) is 3.10. The monoisotopic (exact) mass is 319 g/mol. The summed E-state index contributed by atoms with van der Waals surface area (Å²) in [5.74, 6) is 1.25. The molecule has 1 N–H and O–H groups in total. The first-order valence-electron chi connectivity index (χ1n) is 7.27. The van der Waals surface area contributed by atoms with Crippen LogP contribution in [0.1, 0.15) is 42.8 Å². The predicted octanol–water partition coefficient (Wildman–Crippen LogP) is 2.45. The number of carbonyl (C=O) groups excluding carboxylic acids is 1. The molecule has 0 spiro atoms. The van der Waals surface area contributed by atoms with Crippen LogP contribution >= 0.6 is 11.8 Å². The zero-order chi connectivity index (χ0) is 16.1. The average molecular weight is 319 g/mol. The van der Waals surface area contributed by atoms with Gasteiger partial charge in [0.15, 0.2) is 0 Å². The number of hydrogen-bond donors (Lipinski definition) is 1. The van der Waals surface area contributed by atoms with Gasteiger partial charge in [0.2, 0.25) is 5.91 Å². The first-order valence-corrected chi connectivity index (χ1v) is 8.32. The van der Waals surface area contributed by atoms with Crippen molar-refractivity contribution in [3.63, 3.8) is 0 Å². The first-order chi connectivity index (χ1) is 10.3. The third kappa shape index (κ3) is 2.43. The Morgan fingerprint density at radius 3 is 2.55 bits per heavy atom. The lowest BCUT2D eigenvalue weighted by Gasteiger charge is -2.23. The van der Waals surface area contributed by atoms with E-state index in [4.69, 9.17) is 0 Å². The molecule has 0 unspecified atom stereocenters. The molecule has 1 aliphatic rings. The van der Waals surface area contributed by atoms with Gasteiger partial charge in [0, 0.05) is 23.9 Å². The van der Waals surface area contributed by atoms with Crippen molar-refractivity contribution in [3.8, 4) is 0 Å². The van der Waals surface area contributed by atoms with Gasteiger partial charge in [-0.1, -0.05) is 0 Å². The smallest absolute Gasteiger partial charge is 0.235 e. The summed E-state index contributed by atoms with van der Waals surface area (Å²) in [6.45, 7) is 8.29. The van der Waals surface area contributed by atoms with E-state index in [2.05, 4.69) is 43.2 Å². The molecular formula is C15H21N5OS. The van der Waals surface area contributed by atoms with E-state index >= 15 is 0 Å². The molecule has 7 heteroatoms. The normalized spacial score (nSPS) is 18.8. The lowest BCUT2D eigenvalue weighted by Crippen LogP contribution is -2.27. The number of thioether (sulfide) groups is 1. The van der Waals surface area contributed by atoms with Gasteiger partial charge in [-0.25, -0.2) is 4.68 Å². The second-order valence-electron chi connectivity index (χ2n) is 6.58. The minimum absolute atomic E-state index is 0.0151. The second kappa shape index (κ2) is 5.15. The predicted molar refractivity (Wildman–Crippen MR) is 88.1 cm³/mol. The van der Waals surface area contributed by atoms with Crippen LogP contribution in [0.5, 0.6) is 0 Å². The molecule has 0 fully saturated rings. The van der Waals surface area contributed by atoms with Crippen molar-refractivity contribution in [1.29, 1.82) is 0 Å². The van der Waals surface area contributed by atoms with E-state index in [1.807, 2.05) is 28.8 Å². The van der Waals surface area contributed by atoms with Gasteiger partial charge in [0.05, 0.1) is 28.9 Å². The van der Waals surface area contributed by atoms with Crippen LogP contribution in [-0.2, 0) is 17.4 Å². The molecule has 0 bridgehead atoms. The van der Waals surface area contributed by atoms with Crippen molar-refractivity contribution in [1.82, 2.24) is 19.6 Å². The third-order valence-electron chi connectivity index (χ3n) is 3.91. The Labute approximate surface area is 134 Å². The third-order valence-corrected chi connectivity index (χ3v) is 5.18. The first kappa shape index (κ1) is 15.1. The fraction of sp³-hybridized carbons (Fsp3) is 0.533. The lowest BCUT2D eigenvalue weighted by molar-refractivity contribution is -0.113. The number of rotatable bonds is 1. The zero-order valence-corrected chi connectivity index (χ0v) is 14.4. The van der Waals surface area contributed by atoms with Crippen molar-refractivity contribution in [2.24, 2.45) is 7.05 Å². The number of aromatic nitrogens is 4. The molecule has 3 heterocycles. The van der Waals surface area contributed by atoms with Crippen LogP contribution in [0.4, 0.5) is 5.82 Å². The minimum atomic E-state index is -0.190. The minimum Gasteiger partial charge on any atom is -0.310 e. The number of carbonyl (C=O) groups is 1. The topological polar surface area (TPSA) is 64.7 Å².